The lowest BCUT2D eigenvalue weighted by Crippen LogP contribution is -2.49. The molecule has 1 aliphatic rings. The summed E-state index contributed by atoms with van der Waals surface area (Å²) >= 11 is 1.61. The van der Waals surface area contributed by atoms with Gasteiger partial charge in [0, 0.05) is 42.4 Å². The highest BCUT2D eigenvalue weighted by atomic mass is 32.2. The minimum absolute atomic E-state index is 0.140. The molecule has 34 heavy (non-hydrogen) atoms. The maximum Gasteiger partial charge on any atom is 0.227 e. The van der Waals surface area contributed by atoms with Gasteiger partial charge in [0.25, 0.3) is 0 Å². The van der Waals surface area contributed by atoms with E-state index in [0.717, 1.165) is 42.3 Å². The molecule has 3 aromatic carbocycles. The number of hydrogen-bond donors (Lipinski definition) is 1. The van der Waals surface area contributed by atoms with Gasteiger partial charge in [-0.2, -0.15) is 0 Å². The number of hydrogen-bond acceptors (Lipinski definition) is 6. The molecule has 4 rings (SSSR count). The fourth-order valence-electron chi connectivity index (χ4n) is 3.96. The van der Waals surface area contributed by atoms with Crippen molar-refractivity contribution in [1.82, 2.24) is 4.90 Å². The number of aryl methyl sites for hydroxylation is 1. The van der Waals surface area contributed by atoms with Gasteiger partial charge in [-0.3, -0.25) is 4.79 Å². The van der Waals surface area contributed by atoms with Crippen molar-refractivity contribution >= 4 is 29.2 Å². The third kappa shape index (κ3) is 5.97. The van der Waals surface area contributed by atoms with E-state index in [-0.39, 0.29) is 5.91 Å². The first-order chi connectivity index (χ1) is 16.6. The summed E-state index contributed by atoms with van der Waals surface area (Å²) < 4.78 is 14.0. The van der Waals surface area contributed by atoms with E-state index in [1.807, 2.05) is 23.1 Å². The molecule has 3 aromatic rings. The zero-order chi connectivity index (χ0) is 23.9. The minimum Gasteiger partial charge on any atom is -0.493 e. The molecule has 0 spiro atoms. The Morgan fingerprint density at radius 1 is 0.882 bits per heavy atom. The van der Waals surface area contributed by atoms with Crippen molar-refractivity contribution in [2.45, 2.75) is 18.2 Å². The maximum atomic E-state index is 12.8. The third-order valence-electron chi connectivity index (χ3n) is 5.98. The molecule has 0 bridgehead atoms. The molecule has 1 fully saturated rings. The summed E-state index contributed by atoms with van der Waals surface area (Å²) in [5.41, 5.74) is 4.46. The predicted molar refractivity (Wildman–Crippen MR) is 139 cm³/mol. The molecular formula is C27H31N3O3S. The number of rotatable bonds is 8. The van der Waals surface area contributed by atoms with Crippen LogP contribution < -0.4 is 19.1 Å². The van der Waals surface area contributed by atoms with Gasteiger partial charge in [0.05, 0.1) is 20.6 Å². The Balaban J connectivity index is 1.27. The molecule has 0 unspecified atom stereocenters. The number of carbonyl (C=O) groups is 1. The zero-order valence-electron chi connectivity index (χ0n) is 19.9. The van der Waals surface area contributed by atoms with Crippen molar-refractivity contribution in [3.63, 3.8) is 0 Å². The minimum atomic E-state index is 0.140. The summed E-state index contributed by atoms with van der Waals surface area (Å²) in [6.45, 7) is 5.18. The van der Waals surface area contributed by atoms with E-state index in [4.69, 9.17) is 9.47 Å². The number of carbonyl (C=O) groups excluding carboxylic acids is 1. The van der Waals surface area contributed by atoms with Crippen molar-refractivity contribution < 1.29 is 14.3 Å². The second-order valence-corrected chi connectivity index (χ2v) is 9.18. The summed E-state index contributed by atoms with van der Waals surface area (Å²) in [5, 5.41) is 0. The van der Waals surface area contributed by atoms with E-state index >= 15 is 0 Å². The molecule has 178 valence electrons. The molecule has 1 amide bonds. The monoisotopic (exact) mass is 477 g/mol. The van der Waals surface area contributed by atoms with Crippen LogP contribution in [0.2, 0.25) is 0 Å². The van der Waals surface area contributed by atoms with Crippen molar-refractivity contribution in [1.29, 1.82) is 0 Å². The molecule has 1 aliphatic heterocycles. The van der Waals surface area contributed by atoms with Crippen LogP contribution in [0.1, 0.15) is 11.1 Å². The van der Waals surface area contributed by atoms with Crippen LogP contribution in [0.3, 0.4) is 0 Å². The van der Waals surface area contributed by atoms with Gasteiger partial charge in [-0.15, -0.1) is 0 Å². The standard InChI is InChI=1S/C27H31N3O3S/c1-20-4-7-22(8-5-20)28-34-24-11-9-23(10-12-24)29-14-16-30(17-15-29)27(31)19-21-6-13-25(32-2)26(18-21)33-3/h4-13,18,28H,14-17,19H2,1-3H3. The fraction of sp³-hybridized carbons (Fsp3) is 0.296. The van der Waals surface area contributed by atoms with Gasteiger partial charge >= 0.3 is 0 Å². The molecule has 0 aliphatic carbocycles. The van der Waals surface area contributed by atoms with Crippen LogP contribution >= 0.6 is 11.9 Å². The topological polar surface area (TPSA) is 54.0 Å². The average Bonchev–Trinajstić information content (AvgIpc) is 2.88. The lowest BCUT2D eigenvalue weighted by Gasteiger charge is -2.36. The Hall–Kier alpha value is -3.32. The number of benzene rings is 3. The Labute approximate surface area is 206 Å². The van der Waals surface area contributed by atoms with Crippen LogP contribution in [0.5, 0.6) is 11.5 Å². The molecule has 1 saturated heterocycles. The summed E-state index contributed by atoms with van der Waals surface area (Å²) in [6.07, 6.45) is 0.361. The highest BCUT2D eigenvalue weighted by molar-refractivity contribution is 8.00. The molecule has 0 atom stereocenters. The molecule has 1 N–H and O–H groups in total. The van der Waals surface area contributed by atoms with Crippen molar-refractivity contribution in [2.24, 2.45) is 0 Å². The third-order valence-corrected chi connectivity index (χ3v) is 6.82. The maximum absolute atomic E-state index is 12.8. The van der Waals surface area contributed by atoms with Crippen molar-refractivity contribution in [3.8, 4) is 11.5 Å². The summed E-state index contributed by atoms with van der Waals surface area (Å²) in [6, 6.07) is 22.6. The Bertz CT molecular complexity index is 1100. The largest absolute Gasteiger partial charge is 0.493 e. The van der Waals surface area contributed by atoms with E-state index in [1.54, 1.807) is 26.2 Å². The second-order valence-electron chi connectivity index (χ2n) is 8.30. The highest BCUT2D eigenvalue weighted by Gasteiger charge is 2.22. The number of amides is 1. The Morgan fingerprint density at radius 3 is 2.21 bits per heavy atom. The van der Waals surface area contributed by atoms with Crippen molar-refractivity contribution in [2.75, 3.05) is 50.0 Å². The number of ether oxygens (including phenoxy) is 2. The summed E-state index contributed by atoms with van der Waals surface area (Å²) in [5.74, 6) is 1.46. The number of nitrogens with one attached hydrogen (secondary N) is 1. The summed E-state index contributed by atoms with van der Waals surface area (Å²) in [7, 11) is 3.21. The van der Waals surface area contributed by atoms with Crippen LogP contribution in [0.25, 0.3) is 0 Å². The van der Waals surface area contributed by atoms with Gasteiger partial charge in [-0.05, 0) is 73.0 Å². The van der Waals surface area contributed by atoms with Gasteiger partial charge < -0.3 is 24.0 Å². The molecular weight excluding hydrogens is 446 g/mol. The lowest BCUT2D eigenvalue weighted by molar-refractivity contribution is -0.130. The van der Waals surface area contributed by atoms with Crippen LogP contribution in [0, 0.1) is 6.92 Å². The van der Waals surface area contributed by atoms with Crippen LogP contribution in [-0.2, 0) is 11.2 Å². The van der Waals surface area contributed by atoms with E-state index in [0.29, 0.717) is 17.9 Å². The van der Waals surface area contributed by atoms with E-state index in [1.165, 1.54) is 11.3 Å². The summed E-state index contributed by atoms with van der Waals surface area (Å²) in [4.78, 5) is 18.3. The van der Waals surface area contributed by atoms with Gasteiger partial charge in [0.1, 0.15) is 0 Å². The quantitative estimate of drug-likeness (QED) is 0.460. The Morgan fingerprint density at radius 2 is 1.56 bits per heavy atom. The van der Waals surface area contributed by atoms with Crippen molar-refractivity contribution in [3.05, 3.63) is 77.9 Å². The number of piperazine rings is 1. The van der Waals surface area contributed by atoms with Gasteiger partial charge in [-0.1, -0.05) is 23.8 Å². The number of methoxy groups -OCH3 is 2. The lowest BCUT2D eigenvalue weighted by atomic mass is 10.1. The normalized spacial score (nSPS) is 13.5. The fourth-order valence-corrected chi connectivity index (χ4v) is 4.60. The Kier molecular flexibility index (Phi) is 7.85. The first kappa shape index (κ1) is 23.8. The molecule has 1 heterocycles. The predicted octanol–water partition coefficient (Wildman–Crippen LogP) is 5.02. The molecule has 0 radical (unpaired) electrons. The van der Waals surface area contributed by atoms with E-state index < -0.39 is 0 Å². The van der Waals surface area contributed by atoms with E-state index in [9.17, 15) is 4.79 Å². The van der Waals surface area contributed by atoms with Crippen LogP contribution in [0.4, 0.5) is 11.4 Å². The average molecular weight is 478 g/mol. The molecule has 0 aromatic heterocycles. The smallest absolute Gasteiger partial charge is 0.227 e. The van der Waals surface area contributed by atoms with Crippen LogP contribution in [0.15, 0.2) is 71.6 Å². The molecule has 0 saturated carbocycles. The number of nitrogens with zero attached hydrogens (tertiary/aromatic N) is 2. The second kappa shape index (κ2) is 11.2. The highest BCUT2D eigenvalue weighted by Crippen LogP contribution is 2.28. The molecule has 7 heteroatoms. The van der Waals surface area contributed by atoms with Gasteiger partial charge in [-0.25, -0.2) is 0 Å². The SMILES string of the molecule is COc1ccc(CC(=O)N2CCN(c3ccc(SNc4ccc(C)cc4)cc3)CC2)cc1OC. The molecule has 6 nitrogen and oxygen atoms in total. The van der Waals surface area contributed by atoms with E-state index in [2.05, 4.69) is 65.1 Å². The first-order valence-electron chi connectivity index (χ1n) is 11.4. The van der Waals surface area contributed by atoms with Gasteiger partial charge in [0.2, 0.25) is 5.91 Å². The number of anilines is 2. The van der Waals surface area contributed by atoms with Crippen LogP contribution in [-0.4, -0.2) is 51.2 Å². The van der Waals surface area contributed by atoms with Gasteiger partial charge in [0.15, 0.2) is 11.5 Å². The first-order valence-corrected chi connectivity index (χ1v) is 12.2. The zero-order valence-corrected chi connectivity index (χ0v) is 20.7.